The van der Waals surface area contributed by atoms with Crippen molar-refractivity contribution in [2.75, 3.05) is 27.2 Å². The average molecular weight is 530 g/mol. The second-order valence-corrected chi connectivity index (χ2v) is 11.6. The first-order valence-corrected chi connectivity index (χ1v) is 14.0. The monoisotopic (exact) mass is 529 g/mol. The summed E-state index contributed by atoms with van der Waals surface area (Å²) in [4.78, 5) is 17.5. The molecule has 7 nitrogen and oxygen atoms in total. The lowest BCUT2D eigenvalue weighted by atomic mass is 9.71. The van der Waals surface area contributed by atoms with Gasteiger partial charge in [-0.2, -0.15) is 5.26 Å². The second-order valence-electron chi connectivity index (χ2n) is 11.6. The Morgan fingerprint density at radius 3 is 2.64 bits per heavy atom. The van der Waals surface area contributed by atoms with Gasteiger partial charge in [-0.1, -0.05) is 43.7 Å². The van der Waals surface area contributed by atoms with Crippen molar-refractivity contribution in [3.63, 3.8) is 0 Å². The molecule has 0 radical (unpaired) electrons. The van der Waals surface area contributed by atoms with E-state index < -0.39 is 11.5 Å². The Morgan fingerprint density at radius 2 is 1.95 bits per heavy atom. The molecule has 1 aliphatic rings. The number of amides is 1. The fourth-order valence-corrected chi connectivity index (χ4v) is 6.08. The van der Waals surface area contributed by atoms with Gasteiger partial charge in [-0.15, -0.1) is 0 Å². The molecule has 1 saturated carbocycles. The Morgan fingerprint density at radius 1 is 1.21 bits per heavy atom. The Labute approximate surface area is 231 Å². The van der Waals surface area contributed by atoms with Gasteiger partial charge in [-0.05, 0) is 73.2 Å². The molecule has 0 bridgehead atoms. The summed E-state index contributed by atoms with van der Waals surface area (Å²) in [6.07, 6.45) is 5.72. The number of nitrogens with two attached hydrogens (primary N) is 1. The van der Waals surface area contributed by atoms with E-state index in [1.807, 2.05) is 44.4 Å². The van der Waals surface area contributed by atoms with E-state index >= 15 is 0 Å². The maximum absolute atomic E-state index is 12.7. The predicted octanol–water partition coefficient (Wildman–Crippen LogP) is 4.53. The summed E-state index contributed by atoms with van der Waals surface area (Å²) in [7, 11) is 4.07. The topological polar surface area (TPSA) is 109 Å². The lowest BCUT2D eigenvalue weighted by Gasteiger charge is -2.49. The lowest BCUT2D eigenvalue weighted by molar-refractivity contribution is -0.922. The maximum atomic E-state index is 12.7. The standard InChI is InChI=1S/C32H40N4O3/c1-4-5-9-27-20-26-8-6-7-10-28(26)30(35-27)39-18-17-36(2,3)29-16-15-25(21-32(29,38)31(34)37)19-23-11-13-24(22-33)14-12-23/h6-8,10-14,20,25,29,38H,4-5,9,15-19,21H2,1-3H3,(H-,34,37)/p+1/t25?,29-,32-/m0/s1. The number of aromatic nitrogens is 1. The molecule has 1 heterocycles. The number of carbonyl (C=O) groups is 1. The molecule has 206 valence electrons. The van der Waals surface area contributed by atoms with E-state index in [2.05, 4.69) is 25.1 Å². The van der Waals surface area contributed by atoms with E-state index in [0.29, 0.717) is 41.9 Å². The highest BCUT2D eigenvalue weighted by Gasteiger charge is 2.54. The highest BCUT2D eigenvalue weighted by Crippen LogP contribution is 2.39. The van der Waals surface area contributed by atoms with Gasteiger partial charge in [-0.3, -0.25) is 4.79 Å². The molecule has 4 rings (SSSR count). The third kappa shape index (κ3) is 6.58. The van der Waals surface area contributed by atoms with Crippen molar-refractivity contribution in [2.45, 2.75) is 63.5 Å². The fraction of sp³-hybridized carbons (Fsp3) is 0.469. The van der Waals surface area contributed by atoms with E-state index in [1.54, 1.807) is 12.1 Å². The number of nitriles is 1. The van der Waals surface area contributed by atoms with Gasteiger partial charge >= 0.3 is 0 Å². The minimum atomic E-state index is -1.61. The number of pyridine rings is 1. The van der Waals surface area contributed by atoms with Gasteiger partial charge in [0.05, 0.1) is 25.7 Å². The maximum Gasteiger partial charge on any atom is 0.255 e. The van der Waals surface area contributed by atoms with Crippen LogP contribution in [0.25, 0.3) is 10.8 Å². The minimum Gasteiger partial charge on any atom is -0.471 e. The number of carbonyl (C=O) groups excluding carboxylic acids is 1. The number of hydrogen-bond acceptors (Lipinski definition) is 5. The highest BCUT2D eigenvalue weighted by molar-refractivity contribution is 5.87. The van der Waals surface area contributed by atoms with Gasteiger partial charge in [-0.25, -0.2) is 4.98 Å². The smallest absolute Gasteiger partial charge is 0.255 e. The number of unbranched alkanes of at least 4 members (excludes halogenated alkanes) is 1. The van der Waals surface area contributed by atoms with Crippen molar-refractivity contribution in [1.29, 1.82) is 5.26 Å². The summed E-state index contributed by atoms with van der Waals surface area (Å²) < 4.78 is 6.68. The first-order valence-electron chi connectivity index (χ1n) is 14.0. The molecule has 39 heavy (non-hydrogen) atoms. The molecule has 1 amide bonds. The molecule has 0 spiro atoms. The molecule has 0 saturated heterocycles. The molecule has 2 aromatic carbocycles. The summed E-state index contributed by atoms with van der Waals surface area (Å²) >= 11 is 0. The zero-order chi connectivity index (χ0) is 28.0. The van der Waals surface area contributed by atoms with Crippen molar-refractivity contribution in [2.24, 2.45) is 11.7 Å². The molecule has 1 aromatic heterocycles. The summed E-state index contributed by atoms with van der Waals surface area (Å²) in [6, 6.07) is 19.6. The number of quaternary nitrogens is 1. The van der Waals surface area contributed by atoms with Crippen LogP contribution in [0.2, 0.25) is 0 Å². The number of aliphatic hydroxyl groups is 1. The third-order valence-corrected chi connectivity index (χ3v) is 8.33. The molecular weight excluding hydrogens is 488 g/mol. The predicted molar refractivity (Wildman–Crippen MR) is 153 cm³/mol. The van der Waals surface area contributed by atoms with Crippen LogP contribution in [-0.4, -0.2) is 59.4 Å². The van der Waals surface area contributed by atoms with Crippen LogP contribution in [0, 0.1) is 17.2 Å². The van der Waals surface area contributed by atoms with E-state index in [9.17, 15) is 9.90 Å². The second kappa shape index (κ2) is 12.1. The molecule has 3 aromatic rings. The number of fused-ring (bicyclic) bond motifs is 1. The first-order chi connectivity index (χ1) is 18.7. The van der Waals surface area contributed by atoms with E-state index in [-0.39, 0.29) is 12.0 Å². The van der Waals surface area contributed by atoms with Gasteiger partial charge in [0.25, 0.3) is 5.91 Å². The van der Waals surface area contributed by atoms with E-state index in [1.165, 1.54) is 0 Å². The number of ether oxygens (including phenoxy) is 1. The van der Waals surface area contributed by atoms with Crippen molar-refractivity contribution in [3.05, 3.63) is 71.4 Å². The van der Waals surface area contributed by atoms with Crippen LogP contribution in [0.5, 0.6) is 5.88 Å². The number of benzene rings is 2. The molecule has 1 unspecified atom stereocenters. The molecule has 3 atom stereocenters. The van der Waals surface area contributed by atoms with Crippen LogP contribution in [-0.2, 0) is 17.6 Å². The van der Waals surface area contributed by atoms with Crippen molar-refractivity contribution in [1.82, 2.24) is 4.98 Å². The molecule has 7 heteroatoms. The van der Waals surface area contributed by atoms with Crippen LogP contribution < -0.4 is 10.5 Å². The van der Waals surface area contributed by atoms with Crippen molar-refractivity contribution < 1.29 is 19.1 Å². The Balaban J connectivity index is 1.45. The van der Waals surface area contributed by atoms with Gasteiger partial charge in [0.1, 0.15) is 19.2 Å². The minimum absolute atomic E-state index is 0.129. The molecule has 1 aliphatic carbocycles. The quantitative estimate of drug-likeness (QED) is 0.355. The van der Waals surface area contributed by atoms with Gasteiger partial charge in [0, 0.05) is 17.5 Å². The van der Waals surface area contributed by atoms with Crippen LogP contribution in [0.1, 0.15) is 55.8 Å². The molecule has 1 fully saturated rings. The van der Waals surface area contributed by atoms with E-state index in [4.69, 9.17) is 20.7 Å². The Kier molecular flexibility index (Phi) is 8.89. The van der Waals surface area contributed by atoms with Gasteiger partial charge in [0.15, 0.2) is 5.60 Å². The Hall–Kier alpha value is -3.47. The molecule has 3 N–H and O–H groups in total. The van der Waals surface area contributed by atoms with Gasteiger partial charge < -0.3 is 20.1 Å². The largest absolute Gasteiger partial charge is 0.471 e. The lowest BCUT2D eigenvalue weighted by Crippen LogP contribution is -2.68. The van der Waals surface area contributed by atoms with Crippen LogP contribution in [0.4, 0.5) is 0 Å². The number of likely N-dealkylation sites (N-methyl/N-ethyl adjacent to an activating group) is 1. The number of nitrogens with zero attached hydrogens (tertiary/aromatic N) is 3. The fourth-order valence-electron chi connectivity index (χ4n) is 6.08. The number of rotatable bonds is 11. The van der Waals surface area contributed by atoms with E-state index in [0.717, 1.165) is 54.1 Å². The van der Waals surface area contributed by atoms with Crippen molar-refractivity contribution in [3.8, 4) is 11.9 Å². The van der Waals surface area contributed by atoms with Crippen LogP contribution in [0.15, 0.2) is 54.6 Å². The van der Waals surface area contributed by atoms with Crippen LogP contribution in [0.3, 0.4) is 0 Å². The SMILES string of the molecule is CCCCc1cc2ccccc2c(OCC[N+](C)(C)[C@H]2CCC(Cc3ccc(C#N)cc3)C[C@@]2(O)C(N)=O)n1. The number of primary amides is 1. The summed E-state index contributed by atoms with van der Waals surface area (Å²) in [5.74, 6) is 0.0975. The zero-order valence-electron chi connectivity index (χ0n) is 23.4. The normalized spacial score (nSPS) is 21.4. The molecular formula is C32H41N4O3+. The Bertz CT molecular complexity index is 1330. The molecule has 0 aliphatic heterocycles. The first kappa shape index (κ1) is 28.5. The third-order valence-electron chi connectivity index (χ3n) is 8.33. The van der Waals surface area contributed by atoms with Crippen molar-refractivity contribution >= 4 is 16.7 Å². The highest BCUT2D eigenvalue weighted by atomic mass is 16.5. The summed E-state index contributed by atoms with van der Waals surface area (Å²) in [6.45, 7) is 3.17. The van der Waals surface area contributed by atoms with Gasteiger partial charge in [0.2, 0.25) is 5.88 Å². The number of aryl methyl sites for hydroxylation is 1. The van der Waals surface area contributed by atoms with Crippen LogP contribution >= 0.6 is 0 Å². The summed E-state index contributed by atoms with van der Waals surface area (Å²) in [5.41, 5.74) is 6.98. The zero-order valence-corrected chi connectivity index (χ0v) is 23.4. The summed E-state index contributed by atoms with van der Waals surface area (Å²) in [5, 5.41) is 22.8. The number of hydrogen-bond donors (Lipinski definition) is 2. The average Bonchev–Trinajstić information content (AvgIpc) is 2.92.